The normalized spacial score (nSPS) is 17.3. The summed E-state index contributed by atoms with van der Waals surface area (Å²) in [6.07, 6.45) is 4.20. The standard InChI is InChI=1S/C66H72BNO/c1-40-32-44-35-43(34-42-22-23-46(63(5,6)7)36-51(42)50-21-17-19-41-18-15-16-20-49(41)50)52-38-54-55(66(13,14)31-30-65(54,11)12)39-56(52)67-59(44)57(33-40)68(48-27-24-45(25-28-48)62(2,3)4)60-53-37-47(64(8,9)10)26-29-58(53)69-61(60)67/h15-29,32-33,36-39,43H,30-31,34-35H2,1-14H3. The van der Waals surface area contributed by atoms with Crippen molar-refractivity contribution in [1.29, 1.82) is 0 Å². The first kappa shape index (κ1) is 45.6. The summed E-state index contributed by atoms with van der Waals surface area (Å²) in [6, 6.07) is 50.0. The Bertz CT molecular complexity index is 3350. The van der Waals surface area contributed by atoms with Crippen LogP contribution >= 0.6 is 0 Å². The van der Waals surface area contributed by atoms with E-state index in [1.54, 1.807) is 0 Å². The Morgan fingerprint density at radius 1 is 0.609 bits per heavy atom. The predicted octanol–water partition coefficient (Wildman–Crippen LogP) is 16.0. The largest absolute Gasteiger partial charge is 0.468 e. The molecule has 2 nitrogen and oxygen atoms in total. The van der Waals surface area contributed by atoms with Crippen LogP contribution in [0.25, 0.3) is 32.9 Å². The molecule has 2 aliphatic heterocycles. The molecular formula is C66H72BNO. The highest BCUT2D eigenvalue weighted by molar-refractivity contribution is 6.98. The van der Waals surface area contributed by atoms with Crippen LogP contribution in [0.4, 0.5) is 17.1 Å². The van der Waals surface area contributed by atoms with Crippen LogP contribution in [-0.2, 0) is 39.9 Å². The van der Waals surface area contributed by atoms with E-state index in [1.807, 2.05) is 0 Å². The Balaban J connectivity index is 1.21. The van der Waals surface area contributed by atoms with Gasteiger partial charge in [-0.2, -0.15) is 0 Å². The topological polar surface area (TPSA) is 16.4 Å². The third kappa shape index (κ3) is 7.60. The lowest BCUT2D eigenvalue weighted by Crippen LogP contribution is -2.58. The highest BCUT2D eigenvalue weighted by Crippen LogP contribution is 2.50. The van der Waals surface area contributed by atoms with Crippen LogP contribution in [0.3, 0.4) is 0 Å². The van der Waals surface area contributed by atoms with Crippen LogP contribution in [0.5, 0.6) is 0 Å². The smallest absolute Gasteiger partial charge is 0.293 e. The Labute approximate surface area is 413 Å². The molecule has 350 valence electrons. The van der Waals surface area contributed by atoms with Crippen molar-refractivity contribution in [2.24, 2.45) is 0 Å². The Hall–Kier alpha value is -5.80. The van der Waals surface area contributed by atoms with Gasteiger partial charge >= 0.3 is 0 Å². The number of benzene rings is 7. The predicted molar refractivity (Wildman–Crippen MR) is 298 cm³/mol. The van der Waals surface area contributed by atoms with E-state index in [-0.39, 0.29) is 39.7 Å². The van der Waals surface area contributed by atoms with Gasteiger partial charge in [0.25, 0.3) is 6.71 Å². The van der Waals surface area contributed by atoms with Crippen molar-refractivity contribution in [3.8, 4) is 11.1 Å². The molecule has 1 aliphatic carbocycles. The van der Waals surface area contributed by atoms with Crippen LogP contribution in [0, 0.1) is 6.92 Å². The quantitative estimate of drug-likeness (QED) is 0.164. The van der Waals surface area contributed by atoms with Crippen LogP contribution in [0.15, 0.2) is 132 Å². The molecule has 3 heteroatoms. The second kappa shape index (κ2) is 15.6. The molecule has 0 radical (unpaired) electrons. The van der Waals surface area contributed by atoms with Crippen molar-refractivity contribution in [2.75, 3.05) is 4.90 Å². The van der Waals surface area contributed by atoms with Gasteiger partial charge in [-0.25, -0.2) is 0 Å². The maximum absolute atomic E-state index is 7.49. The molecule has 11 rings (SSSR count). The molecule has 3 heterocycles. The zero-order valence-corrected chi connectivity index (χ0v) is 44.0. The lowest BCUT2D eigenvalue weighted by Gasteiger charge is -2.43. The Kier molecular flexibility index (Phi) is 10.3. The summed E-state index contributed by atoms with van der Waals surface area (Å²) in [4.78, 5) is 2.58. The summed E-state index contributed by atoms with van der Waals surface area (Å²) >= 11 is 0. The van der Waals surface area contributed by atoms with Crippen LogP contribution < -0.4 is 21.5 Å². The van der Waals surface area contributed by atoms with Crippen molar-refractivity contribution in [3.05, 3.63) is 177 Å². The molecule has 0 spiro atoms. The molecule has 3 aliphatic rings. The van der Waals surface area contributed by atoms with Crippen LogP contribution in [0.2, 0.25) is 0 Å². The van der Waals surface area contributed by atoms with E-state index < -0.39 is 0 Å². The SMILES string of the molecule is Cc1cc2c3c(c1)N(c1ccc(C(C)(C)C)cc1)c1c(oc4ccc(C(C)(C)C)cc14)B3c1cc3c(cc1C(Cc1ccc(C(C)(C)C)cc1-c1cccc4ccccc14)C2)C(C)(C)CCC3(C)C. The lowest BCUT2D eigenvalue weighted by atomic mass is 9.36. The number of nitrogens with zero attached hydrogens (tertiary/aromatic N) is 1. The third-order valence-electron chi connectivity index (χ3n) is 16.7. The van der Waals surface area contributed by atoms with Gasteiger partial charge in [0.15, 0.2) is 0 Å². The zero-order chi connectivity index (χ0) is 48.7. The fourth-order valence-electron chi connectivity index (χ4n) is 12.5. The summed E-state index contributed by atoms with van der Waals surface area (Å²) < 4.78 is 7.49. The van der Waals surface area contributed by atoms with Gasteiger partial charge in [-0.15, -0.1) is 0 Å². The van der Waals surface area contributed by atoms with Crippen molar-refractivity contribution >= 4 is 62.1 Å². The number of furan rings is 1. The molecule has 8 aromatic rings. The average Bonchev–Trinajstić information content (AvgIpc) is 3.60. The van der Waals surface area contributed by atoms with E-state index in [0.717, 1.165) is 24.1 Å². The summed E-state index contributed by atoms with van der Waals surface area (Å²) in [7, 11) is 0. The number of hydrogen-bond acceptors (Lipinski definition) is 2. The van der Waals surface area contributed by atoms with E-state index in [1.165, 1.54) is 118 Å². The Morgan fingerprint density at radius 2 is 1.23 bits per heavy atom. The molecule has 0 amide bonds. The molecule has 0 saturated heterocycles. The zero-order valence-electron chi connectivity index (χ0n) is 44.0. The van der Waals surface area contributed by atoms with Crippen molar-refractivity contribution in [3.63, 3.8) is 0 Å². The highest BCUT2D eigenvalue weighted by atomic mass is 16.3. The first-order chi connectivity index (χ1) is 32.5. The van der Waals surface area contributed by atoms with Gasteiger partial charge in [0.2, 0.25) is 0 Å². The molecule has 1 unspecified atom stereocenters. The highest BCUT2D eigenvalue weighted by Gasteiger charge is 2.47. The summed E-state index contributed by atoms with van der Waals surface area (Å²) in [6.45, 7) is 33.1. The second-order valence-corrected chi connectivity index (χ2v) is 25.7. The third-order valence-corrected chi connectivity index (χ3v) is 16.7. The first-order valence-corrected chi connectivity index (χ1v) is 25.9. The fourth-order valence-corrected chi connectivity index (χ4v) is 12.5. The van der Waals surface area contributed by atoms with Gasteiger partial charge in [0.05, 0.1) is 11.3 Å². The van der Waals surface area contributed by atoms with Crippen molar-refractivity contribution in [1.82, 2.24) is 0 Å². The number of fused-ring (bicyclic) bond motifs is 8. The fraction of sp³-hybridized carbons (Fsp3) is 0.364. The van der Waals surface area contributed by atoms with E-state index >= 15 is 0 Å². The Morgan fingerprint density at radius 3 is 1.93 bits per heavy atom. The van der Waals surface area contributed by atoms with E-state index in [9.17, 15) is 0 Å². The van der Waals surface area contributed by atoms with Gasteiger partial charge in [-0.05, 0) is 173 Å². The van der Waals surface area contributed by atoms with E-state index in [4.69, 9.17) is 4.42 Å². The molecule has 0 N–H and O–H groups in total. The molecule has 0 bridgehead atoms. The second-order valence-electron chi connectivity index (χ2n) is 25.7. The molecule has 0 fully saturated rings. The number of anilines is 3. The van der Waals surface area contributed by atoms with Gasteiger partial charge in [0.1, 0.15) is 5.58 Å². The van der Waals surface area contributed by atoms with Gasteiger partial charge < -0.3 is 9.32 Å². The number of aryl methyl sites for hydroxylation is 1. The lowest BCUT2D eigenvalue weighted by molar-refractivity contribution is 0.331. The molecular weight excluding hydrogens is 834 g/mol. The monoisotopic (exact) mass is 906 g/mol. The van der Waals surface area contributed by atoms with E-state index in [2.05, 4.69) is 229 Å². The molecule has 7 aromatic carbocycles. The van der Waals surface area contributed by atoms with Gasteiger partial charge in [-0.3, -0.25) is 0 Å². The minimum Gasteiger partial charge on any atom is -0.468 e. The molecule has 0 saturated carbocycles. The summed E-state index contributed by atoms with van der Waals surface area (Å²) in [5.41, 5.74) is 24.0. The summed E-state index contributed by atoms with van der Waals surface area (Å²) in [5, 5.41) is 3.78. The van der Waals surface area contributed by atoms with Crippen LogP contribution in [-0.4, -0.2) is 6.71 Å². The van der Waals surface area contributed by atoms with Gasteiger partial charge in [-0.1, -0.05) is 193 Å². The first-order valence-electron chi connectivity index (χ1n) is 25.9. The summed E-state index contributed by atoms with van der Waals surface area (Å²) in [5.74, 6) is 0.219. The number of hydrogen-bond donors (Lipinski definition) is 0. The minimum absolute atomic E-state index is 0.0104. The van der Waals surface area contributed by atoms with Crippen LogP contribution in [0.1, 0.15) is 159 Å². The minimum atomic E-state index is -0.0758. The van der Waals surface area contributed by atoms with E-state index in [0.29, 0.717) is 0 Å². The van der Waals surface area contributed by atoms with Crippen molar-refractivity contribution < 1.29 is 4.42 Å². The molecule has 1 atom stereocenters. The molecule has 69 heavy (non-hydrogen) atoms. The molecule has 1 aromatic heterocycles. The maximum Gasteiger partial charge on any atom is 0.293 e. The maximum atomic E-state index is 7.49. The van der Waals surface area contributed by atoms with Crippen molar-refractivity contribution in [2.45, 2.75) is 156 Å². The number of rotatable bonds is 4. The average molecular weight is 906 g/mol. The van der Waals surface area contributed by atoms with Gasteiger partial charge in [0, 0.05) is 16.8 Å².